The zero-order chi connectivity index (χ0) is 20.9. The first kappa shape index (κ1) is 22.1. The highest BCUT2D eigenvalue weighted by Crippen LogP contribution is 2.25. The van der Waals surface area contributed by atoms with Crippen LogP contribution in [0.4, 0.5) is 10.1 Å². The van der Waals surface area contributed by atoms with Gasteiger partial charge in [0.15, 0.2) is 0 Å². The number of anilines is 1. The summed E-state index contributed by atoms with van der Waals surface area (Å²) in [5.41, 5.74) is 8.03. The zero-order valence-electron chi connectivity index (χ0n) is 16.7. The Bertz CT molecular complexity index is 903. The molecule has 2 rings (SSSR count). The Morgan fingerprint density at radius 1 is 1.14 bits per heavy atom. The molecule has 1 atom stereocenters. The Balaban J connectivity index is 2.21. The van der Waals surface area contributed by atoms with Gasteiger partial charge in [-0.3, -0.25) is 0 Å². The summed E-state index contributed by atoms with van der Waals surface area (Å²) in [6, 6.07) is 10.6. The topological polar surface area (TPSA) is 75.9 Å². The Kier molecular flexibility index (Phi) is 7.40. The van der Waals surface area contributed by atoms with E-state index >= 15 is 0 Å². The van der Waals surface area contributed by atoms with Gasteiger partial charge in [0.2, 0.25) is 10.0 Å². The van der Waals surface area contributed by atoms with E-state index in [-0.39, 0.29) is 17.2 Å². The highest BCUT2D eigenvalue weighted by atomic mass is 32.2. The third kappa shape index (κ3) is 5.43. The van der Waals surface area contributed by atoms with Gasteiger partial charge in [0.1, 0.15) is 11.6 Å². The summed E-state index contributed by atoms with van der Waals surface area (Å²) < 4.78 is 46.2. The van der Waals surface area contributed by atoms with Gasteiger partial charge in [0.25, 0.3) is 0 Å². The Morgan fingerprint density at radius 2 is 1.86 bits per heavy atom. The second-order valence-electron chi connectivity index (χ2n) is 6.85. The van der Waals surface area contributed by atoms with Crippen LogP contribution < -0.4 is 15.4 Å². The molecule has 2 N–H and O–H groups in total. The van der Waals surface area contributed by atoms with E-state index in [0.717, 1.165) is 28.0 Å². The predicted molar refractivity (Wildman–Crippen MR) is 110 cm³/mol. The van der Waals surface area contributed by atoms with E-state index in [0.29, 0.717) is 6.61 Å². The molecule has 8 heteroatoms. The minimum atomic E-state index is -3.92. The number of rotatable bonds is 9. The van der Waals surface area contributed by atoms with E-state index in [4.69, 9.17) is 10.5 Å². The number of nitrogens with zero attached hydrogens (tertiary/aromatic N) is 2. The molecule has 0 aliphatic heterocycles. The van der Waals surface area contributed by atoms with E-state index in [1.54, 1.807) is 0 Å². The Labute approximate surface area is 166 Å². The third-order valence-corrected chi connectivity index (χ3v) is 6.10. The van der Waals surface area contributed by atoms with Crippen LogP contribution in [0.15, 0.2) is 47.4 Å². The maximum absolute atomic E-state index is 13.9. The second kappa shape index (κ2) is 9.36. The van der Waals surface area contributed by atoms with E-state index in [2.05, 4.69) is 0 Å². The van der Waals surface area contributed by atoms with Crippen molar-refractivity contribution >= 4 is 15.7 Å². The maximum Gasteiger partial charge on any atom is 0.243 e. The summed E-state index contributed by atoms with van der Waals surface area (Å²) in [4.78, 5) is 1.79. The van der Waals surface area contributed by atoms with Crippen molar-refractivity contribution in [3.63, 3.8) is 0 Å². The van der Waals surface area contributed by atoms with Crippen molar-refractivity contribution in [1.82, 2.24) is 4.31 Å². The fourth-order valence-electron chi connectivity index (χ4n) is 2.68. The van der Waals surface area contributed by atoms with Crippen LogP contribution in [0.5, 0.6) is 5.75 Å². The summed E-state index contributed by atoms with van der Waals surface area (Å²) in [5, 5.41) is 0. The number of hydrogen-bond donors (Lipinski definition) is 1. The van der Waals surface area contributed by atoms with E-state index in [1.165, 1.54) is 19.2 Å². The van der Waals surface area contributed by atoms with Crippen molar-refractivity contribution in [3.8, 4) is 5.75 Å². The number of ether oxygens (including phenoxy) is 1. The van der Waals surface area contributed by atoms with Crippen molar-refractivity contribution in [3.05, 3.63) is 53.8 Å². The van der Waals surface area contributed by atoms with Crippen LogP contribution in [0.3, 0.4) is 0 Å². The molecule has 154 valence electrons. The van der Waals surface area contributed by atoms with E-state index in [9.17, 15) is 12.8 Å². The van der Waals surface area contributed by atoms with Gasteiger partial charge in [-0.25, -0.2) is 12.8 Å². The van der Waals surface area contributed by atoms with Crippen LogP contribution in [-0.2, 0) is 10.0 Å². The number of nitrogens with two attached hydrogens (primary N) is 1. The molecule has 0 aliphatic rings. The number of likely N-dealkylation sites (N-methyl/N-ethyl adjacent to an activating group) is 1. The molecule has 0 radical (unpaired) electrons. The molecule has 6 nitrogen and oxygen atoms in total. The van der Waals surface area contributed by atoms with Crippen LogP contribution in [0.2, 0.25) is 0 Å². The molecule has 0 heterocycles. The lowest BCUT2D eigenvalue weighted by Crippen LogP contribution is -2.34. The van der Waals surface area contributed by atoms with Crippen molar-refractivity contribution in [2.75, 3.05) is 39.2 Å². The molecule has 28 heavy (non-hydrogen) atoms. The first-order valence-electron chi connectivity index (χ1n) is 9.07. The molecular formula is C20H28FN3O3S. The van der Waals surface area contributed by atoms with E-state index in [1.807, 2.05) is 50.2 Å². The number of hydrogen-bond acceptors (Lipinski definition) is 5. The van der Waals surface area contributed by atoms with Crippen LogP contribution in [0.1, 0.15) is 24.9 Å². The zero-order valence-corrected chi connectivity index (χ0v) is 17.5. The molecular weight excluding hydrogens is 381 g/mol. The molecule has 2 aromatic rings. The van der Waals surface area contributed by atoms with Crippen molar-refractivity contribution in [2.24, 2.45) is 5.73 Å². The minimum Gasteiger partial charge on any atom is -0.493 e. The predicted octanol–water partition coefficient (Wildman–Crippen LogP) is 3.00. The normalized spacial score (nSPS) is 12.8. The molecule has 0 fully saturated rings. The van der Waals surface area contributed by atoms with Gasteiger partial charge in [-0.1, -0.05) is 19.1 Å². The number of halogens is 1. The third-order valence-electron chi connectivity index (χ3n) is 4.29. The highest BCUT2D eigenvalue weighted by Gasteiger charge is 2.25. The fraction of sp³-hybridized carbons (Fsp3) is 0.400. The largest absolute Gasteiger partial charge is 0.493 e. The van der Waals surface area contributed by atoms with Crippen LogP contribution >= 0.6 is 0 Å². The quantitative estimate of drug-likeness (QED) is 0.689. The summed E-state index contributed by atoms with van der Waals surface area (Å²) in [6.07, 6.45) is 0.735. The number of benzene rings is 2. The molecule has 0 saturated carbocycles. The first-order chi connectivity index (χ1) is 13.1. The molecule has 2 aromatic carbocycles. The van der Waals surface area contributed by atoms with Crippen molar-refractivity contribution < 1.29 is 17.5 Å². The van der Waals surface area contributed by atoms with Gasteiger partial charge in [-0.05, 0) is 30.2 Å². The lowest BCUT2D eigenvalue weighted by Gasteiger charge is -2.23. The highest BCUT2D eigenvalue weighted by molar-refractivity contribution is 7.89. The molecule has 0 aromatic heterocycles. The summed E-state index contributed by atoms with van der Waals surface area (Å²) in [6.45, 7) is 2.35. The summed E-state index contributed by atoms with van der Waals surface area (Å²) in [5.74, 6) is -0.472. The van der Waals surface area contributed by atoms with Gasteiger partial charge in [-0.2, -0.15) is 4.31 Å². The van der Waals surface area contributed by atoms with Gasteiger partial charge in [0.05, 0.1) is 11.5 Å². The second-order valence-corrected chi connectivity index (χ2v) is 8.90. The van der Waals surface area contributed by atoms with Gasteiger partial charge < -0.3 is 15.4 Å². The number of sulfonamides is 1. The van der Waals surface area contributed by atoms with Gasteiger partial charge in [-0.15, -0.1) is 0 Å². The van der Waals surface area contributed by atoms with Crippen LogP contribution in [0, 0.1) is 5.82 Å². The minimum absolute atomic E-state index is 0.0564. The Morgan fingerprint density at radius 3 is 2.50 bits per heavy atom. The standard InChI is InChI=1S/C20H28FN3O3S/c1-5-9-27-18-11-16(21)12-19(13-18)28(25,26)24(4)14-20(22)15-7-6-8-17(10-15)23(2)3/h6-8,10-13,20H,5,9,14,22H2,1-4H3/t20-/m1/s1. The molecule has 0 amide bonds. The average molecular weight is 410 g/mol. The molecule has 0 spiro atoms. The summed E-state index contributed by atoms with van der Waals surface area (Å²) in [7, 11) is 1.36. The lowest BCUT2D eigenvalue weighted by atomic mass is 10.1. The van der Waals surface area contributed by atoms with Gasteiger partial charge in [0, 0.05) is 51.5 Å². The fourth-order valence-corrected chi connectivity index (χ4v) is 3.93. The average Bonchev–Trinajstić information content (AvgIpc) is 2.65. The monoisotopic (exact) mass is 409 g/mol. The smallest absolute Gasteiger partial charge is 0.243 e. The SMILES string of the molecule is CCCOc1cc(F)cc(S(=O)(=O)N(C)C[C@@H](N)c2cccc(N(C)C)c2)c1. The van der Waals surface area contributed by atoms with Crippen molar-refractivity contribution in [2.45, 2.75) is 24.3 Å². The molecule has 0 aliphatic carbocycles. The van der Waals surface area contributed by atoms with E-state index < -0.39 is 21.9 Å². The Hall–Kier alpha value is -2.16. The first-order valence-corrected chi connectivity index (χ1v) is 10.5. The molecule has 0 bridgehead atoms. The molecule has 0 saturated heterocycles. The lowest BCUT2D eigenvalue weighted by molar-refractivity contribution is 0.314. The van der Waals surface area contributed by atoms with Crippen molar-refractivity contribution in [1.29, 1.82) is 0 Å². The van der Waals surface area contributed by atoms with Crippen LogP contribution in [-0.4, -0.2) is 47.0 Å². The molecule has 0 unspecified atom stereocenters. The maximum atomic E-state index is 13.9. The summed E-state index contributed by atoms with van der Waals surface area (Å²) >= 11 is 0. The van der Waals surface area contributed by atoms with Gasteiger partial charge >= 0.3 is 0 Å². The van der Waals surface area contributed by atoms with Crippen LogP contribution in [0.25, 0.3) is 0 Å².